The van der Waals surface area contributed by atoms with Crippen LogP contribution in [0, 0.1) is 0 Å². The van der Waals surface area contributed by atoms with Crippen molar-refractivity contribution in [2.75, 3.05) is 5.73 Å². The maximum atomic E-state index is 6.03. The highest BCUT2D eigenvalue weighted by Crippen LogP contribution is 2.28. The second-order valence-corrected chi connectivity index (χ2v) is 4.70. The minimum Gasteiger partial charge on any atom is -0.398 e. The maximum Gasteiger partial charge on any atom is 0.100 e. The summed E-state index contributed by atoms with van der Waals surface area (Å²) in [6, 6.07) is 14.0. The Balaban J connectivity index is 2.10. The van der Waals surface area contributed by atoms with Crippen LogP contribution in [0.3, 0.4) is 0 Å². The van der Waals surface area contributed by atoms with E-state index in [1.165, 1.54) is 0 Å². The first-order valence-electron chi connectivity index (χ1n) is 6.39. The third kappa shape index (κ3) is 1.48. The van der Waals surface area contributed by atoms with Crippen LogP contribution in [0.2, 0.25) is 0 Å². The van der Waals surface area contributed by atoms with Gasteiger partial charge in [0.2, 0.25) is 0 Å². The Morgan fingerprint density at radius 2 is 1.85 bits per heavy atom. The van der Waals surface area contributed by atoms with Gasteiger partial charge in [0.15, 0.2) is 0 Å². The lowest BCUT2D eigenvalue weighted by molar-refractivity contribution is 1.10. The van der Waals surface area contributed by atoms with E-state index in [4.69, 9.17) is 5.73 Å². The first kappa shape index (κ1) is 11.0. The van der Waals surface area contributed by atoms with Crippen molar-refractivity contribution in [2.24, 2.45) is 0 Å². The van der Waals surface area contributed by atoms with Crippen LogP contribution in [0.15, 0.2) is 61.2 Å². The van der Waals surface area contributed by atoms with E-state index in [1.54, 1.807) is 12.4 Å². The van der Waals surface area contributed by atoms with Crippen LogP contribution in [0.1, 0.15) is 0 Å². The summed E-state index contributed by atoms with van der Waals surface area (Å²) in [4.78, 5) is 8.59. The number of nitrogen functional groups attached to an aromatic ring is 1. The molecule has 0 radical (unpaired) electrons. The summed E-state index contributed by atoms with van der Waals surface area (Å²) in [5.74, 6) is 0. The molecule has 2 aromatic heterocycles. The third-order valence-electron chi connectivity index (χ3n) is 3.54. The predicted octanol–water partition coefficient (Wildman–Crippen LogP) is 3.16. The standard InChI is InChI=1S/C16H12N4/c17-13-5-6-15(11-7-8-18-9-12(11)13)20-10-19-14-3-1-2-4-16(14)20/h1-10H,17H2. The van der Waals surface area contributed by atoms with E-state index >= 15 is 0 Å². The summed E-state index contributed by atoms with van der Waals surface area (Å²) in [6.45, 7) is 0. The van der Waals surface area contributed by atoms with Crippen molar-refractivity contribution >= 4 is 27.5 Å². The van der Waals surface area contributed by atoms with E-state index in [-0.39, 0.29) is 0 Å². The molecule has 0 amide bonds. The van der Waals surface area contributed by atoms with Gasteiger partial charge in [-0.2, -0.15) is 0 Å². The van der Waals surface area contributed by atoms with Gasteiger partial charge in [-0.15, -0.1) is 0 Å². The number of para-hydroxylation sites is 2. The van der Waals surface area contributed by atoms with E-state index < -0.39 is 0 Å². The van der Waals surface area contributed by atoms with Gasteiger partial charge in [-0.3, -0.25) is 9.55 Å². The Kier molecular flexibility index (Phi) is 2.23. The van der Waals surface area contributed by atoms with Gasteiger partial charge in [-0.05, 0) is 30.3 Å². The number of hydrogen-bond donors (Lipinski definition) is 1. The molecule has 0 aliphatic carbocycles. The Labute approximate surface area is 115 Å². The number of benzene rings is 2. The van der Waals surface area contributed by atoms with E-state index in [1.807, 2.05) is 42.7 Å². The Morgan fingerprint density at radius 3 is 2.80 bits per heavy atom. The second-order valence-electron chi connectivity index (χ2n) is 4.70. The van der Waals surface area contributed by atoms with E-state index in [9.17, 15) is 0 Å². The number of pyridine rings is 1. The van der Waals surface area contributed by atoms with Crippen LogP contribution in [0.25, 0.3) is 27.5 Å². The molecule has 2 N–H and O–H groups in total. The van der Waals surface area contributed by atoms with Crippen LogP contribution >= 0.6 is 0 Å². The Morgan fingerprint density at radius 1 is 0.950 bits per heavy atom. The van der Waals surface area contributed by atoms with E-state index in [0.717, 1.165) is 33.2 Å². The first-order chi connectivity index (χ1) is 9.84. The van der Waals surface area contributed by atoms with Gasteiger partial charge < -0.3 is 5.73 Å². The molecule has 2 aromatic carbocycles. The molecule has 0 atom stereocenters. The molecule has 0 aliphatic heterocycles. The average Bonchev–Trinajstić information content (AvgIpc) is 2.92. The topological polar surface area (TPSA) is 56.7 Å². The lowest BCUT2D eigenvalue weighted by Crippen LogP contribution is -1.96. The summed E-state index contributed by atoms with van der Waals surface area (Å²) in [7, 11) is 0. The fraction of sp³-hybridized carbons (Fsp3) is 0. The van der Waals surface area contributed by atoms with Crippen LogP contribution in [0.5, 0.6) is 0 Å². The van der Waals surface area contributed by atoms with Gasteiger partial charge in [0.1, 0.15) is 6.33 Å². The van der Waals surface area contributed by atoms with Gasteiger partial charge in [0.25, 0.3) is 0 Å². The summed E-state index contributed by atoms with van der Waals surface area (Å²) in [5, 5.41) is 2.03. The molecular weight excluding hydrogens is 248 g/mol. The van der Waals surface area contributed by atoms with E-state index in [2.05, 4.69) is 20.6 Å². The van der Waals surface area contributed by atoms with Gasteiger partial charge in [0, 0.05) is 28.9 Å². The number of hydrogen-bond acceptors (Lipinski definition) is 3. The van der Waals surface area contributed by atoms with Crippen molar-refractivity contribution < 1.29 is 0 Å². The van der Waals surface area contributed by atoms with Crippen LogP contribution in [-0.4, -0.2) is 14.5 Å². The van der Waals surface area contributed by atoms with Crippen molar-refractivity contribution in [1.82, 2.24) is 14.5 Å². The highest BCUT2D eigenvalue weighted by Gasteiger charge is 2.09. The zero-order chi connectivity index (χ0) is 13.5. The Hall–Kier alpha value is -2.88. The lowest BCUT2D eigenvalue weighted by atomic mass is 10.1. The smallest absolute Gasteiger partial charge is 0.100 e. The molecule has 4 rings (SSSR count). The molecule has 0 fully saturated rings. The SMILES string of the molecule is Nc1ccc(-n2cnc3ccccc32)c2ccncc12. The minimum atomic E-state index is 0.737. The molecule has 96 valence electrons. The Bertz CT molecular complexity index is 924. The van der Waals surface area contributed by atoms with Gasteiger partial charge in [-0.1, -0.05) is 12.1 Å². The zero-order valence-electron chi connectivity index (χ0n) is 10.7. The molecular formula is C16H12N4. The molecule has 4 aromatic rings. The molecule has 4 heteroatoms. The fourth-order valence-electron chi connectivity index (χ4n) is 2.56. The number of anilines is 1. The fourth-order valence-corrected chi connectivity index (χ4v) is 2.56. The van der Waals surface area contributed by atoms with Crippen molar-refractivity contribution in [3.8, 4) is 5.69 Å². The van der Waals surface area contributed by atoms with Gasteiger partial charge in [0.05, 0.1) is 16.7 Å². The monoisotopic (exact) mass is 260 g/mol. The normalized spacial score (nSPS) is 11.2. The molecule has 2 heterocycles. The number of imidazole rings is 1. The molecule has 0 bridgehead atoms. The molecule has 0 spiro atoms. The highest BCUT2D eigenvalue weighted by molar-refractivity contribution is 5.98. The lowest BCUT2D eigenvalue weighted by Gasteiger charge is -2.10. The number of aromatic nitrogens is 3. The van der Waals surface area contributed by atoms with Crippen molar-refractivity contribution in [3.05, 3.63) is 61.2 Å². The number of nitrogens with two attached hydrogens (primary N) is 1. The number of nitrogens with zero attached hydrogens (tertiary/aromatic N) is 3. The second kappa shape index (κ2) is 4.06. The van der Waals surface area contributed by atoms with Crippen LogP contribution < -0.4 is 5.73 Å². The summed E-state index contributed by atoms with van der Waals surface area (Å²) >= 11 is 0. The largest absolute Gasteiger partial charge is 0.398 e. The molecule has 0 saturated heterocycles. The molecule has 0 unspecified atom stereocenters. The molecule has 20 heavy (non-hydrogen) atoms. The van der Waals surface area contributed by atoms with Gasteiger partial charge >= 0.3 is 0 Å². The van der Waals surface area contributed by atoms with Crippen molar-refractivity contribution in [3.63, 3.8) is 0 Å². The highest BCUT2D eigenvalue weighted by atomic mass is 15.0. The van der Waals surface area contributed by atoms with Crippen molar-refractivity contribution in [2.45, 2.75) is 0 Å². The quantitative estimate of drug-likeness (QED) is 0.535. The molecule has 0 aliphatic rings. The van der Waals surface area contributed by atoms with Gasteiger partial charge in [-0.25, -0.2) is 4.98 Å². The average molecular weight is 260 g/mol. The number of rotatable bonds is 1. The van der Waals surface area contributed by atoms with Crippen LogP contribution in [0.4, 0.5) is 5.69 Å². The summed E-state index contributed by atoms with van der Waals surface area (Å²) in [6.07, 6.45) is 5.42. The predicted molar refractivity (Wildman–Crippen MR) is 80.8 cm³/mol. The minimum absolute atomic E-state index is 0.737. The van der Waals surface area contributed by atoms with Crippen LogP contribution in [-0.2, 0) is 0 Å². The number of fused-ring (bicyclic) bond motifs is 2. The maximum absolute atomic E-state index is 6.03. The third-order valence-corrected chi connectivity index (χ3v) is 3.54. The molecule has 4 nitrogen and oxygen atoms in total. The molecule has 0 saturated carbocycles. The zero-order valence-corrected chi connectivity index (χ0v) is 10.7. The van der Waals surface area contributed by atoms with E-state index in [0.29, 0.717) is 0 Å². The summed E-state index contributed by atoms with van der Waals surface area (Å²) in [5.41, 5.74) is 9.88. The van der Waals surface area contributed by atoms with Crippen molar-refractivity contribution in [1.29, 1.82) is 0 Å². The first-order valence-corrected chi connectivity index (χ1v) is 6.39. The summed E-state index contributed by atoms with van der Waals surface area (Å²) < 4.78 is 2.08.